The first-order valence-electron chi connectivity index (χ1n) is 7.29. The Balaban J connectivity index is 2.21. The van der Waals surface area contributed by atoms with Gasteiger partial charge < -0.3 is 15.1 Å². The molecule has 0 aromatic heterocycles. The Kier molecular flexibility index (Phi) is 6.84. The molecule has 0 bridgehead atoms. The van der Waals surface area contributed by atoms with Gasteiger partial charge in [0, 0.05) is 32.7 Å². The highest BCUT2D eigenvalue weighted by Gasteiger charge is 2.21. The molecule has 0 radical (unpaired) electrons. The van der Waals surface area contributed by atoms with Crippen molar-refractivity contribution in [3.8, 4) is 0 Å². The summed E-state index contributed by atoms with van der Waals surface area (Å²) >= 11 is 0. The van der Waals surface area contributed by atoms with E-state index >= 15 is 0 Å². The highest BCUT2D eigenvalue weighted by molar-refractivity contribution is 5.96. The molecular formula is C14H27N3O2. The van der Waals surface area contributed by atoms with E-state index < -0.39 is 0 Å². The van der Waals surface area contributed by atoms with Crippen LogP contribution in [-0.2, 0) is 9.59 Å². The normalized spacial score (nSPS) is 16.7. The van der Waals surface area contributed by atoms with Crippen LogP contribution in [-0.4, -0.2) is 60.9 Å². The Morgan fingerprint density at radius 3 is 2.32 bits per heavy atom. The largest absolute Gasteiger partial charge is 0.356 e. The lowest BCUT2D eigenvalue weighted by molar-refractivity contribution is -0.137. The van der Waals surface area contributed by atoms with Gasteiger partial charge in [-0.25, -0.2) is 0 Å². The van der Waals surface area contributed by atoms with E-state index in [0.717, 1.165) is 39.1 Å². The zero-order chi connectivity index (χ0) is 14.3. The Morgan fingerprint density at radius 1 is 1.16 bits per heavy atom. The molecule has 19 heavy (non-hydrogen) atoms. The maximum absolute atomic E-state index is 11.9. The number of hydrogen-bond donors (Lipinski definition) is 1. The van der Waals surface area contributed by atoms with Gasteiger partial charge in [-0.1, -0.05) is 20.8 Å². The average Bonchev–Trinajstić information content (AvgIpc) is 2.38. The summed E-state index contributed by atoms with van der Waals surface area (Å²) in [7, 11) is 0. The van der Waals surface area contributed by atoms with E-state index in [-0.39, 0.29) is 18.2 Å². The number of nitrogens with zero attached hydrogens (tertiary/aromatic N) is 2. The highest BCUT2D eigenvalue weighted by atomic mass is 16.2. The number of nitrogens with one attached hydrogen (secondary N) is 1. The third-order valence-electron chi connectivity index (χ3n) is 3.53. The molecule has 0 aliphatic carbocycles. The molecule has 1 aliphatic heterocycles. The van der Waals surface area contributed by atoms with Crippen molar-refractivity contribution >= 4 is 11.8 Å². The molecule has 2 amide bonds. The standard InChI is InChI=1S/C14H27N3O2/c1-4-16-7-9-17(10-8-16)14(19)11-13(18)15-6-5-12(2)3/h12H,4-11H2,1-3H3,(H,15,18). The minimum atomic E-state index is -0.149. The average molecular weight is 269 g/mol. The molecule has 1 heterocycles. The summed E-state index contributed by atoms with van der Waals surface area (Å²) in [4.78, 5) is 27.7. The zero-order valence-electron chi connectivity index (χ0n) is 12.4. The van der Waals surface area contributed by atoms with Crippen LogP contribution in [0.25, 0.3) is 0 Å². The molecule has 0 atom stereocenters. The van der Waals surface area contributed by atoms with Crippen LogP contribution in [0.4, 0.5) is 0 Å². The predicted molar refractivity (Wildman–Crippen MR) is 75.8 cm³/mol. The number of carbonyl (C=O) groups is 2. The van der Waals surface area contributed by atoms with Crippen LogP contribution in [0.5, 0.6) is 0 Å². The molecule has 0 saturated carbocycles. The second kappa shape index (κ2) is 8.15. The molecule has 5 heteroatoms. The van der Waals surface area contributed by atoms with E-state index in [0.29, 0.717) is 12.5 Å². The quantitative estimate of drug-likeness (QED) is 0.722. The van der Waals surface area contributed by atoms with Gasteiger partial charge in [-0.15, -0.1) is 0 Å². The molecule has 5 nitrogen and oxygen atoms in total. The number of hydrogen-bond acceptors (Lipinski definition) is 3. The van der Waals surface area contributed by atoms with Crippen LogP contribution >= 0.6 is 0 Å². The number of rotatable bonds is 6. The smallest absolute Gasteiger partial charge is 0.232 e. The summed E-state index contributed by atoms with van der Waals surface area (Å²) in [5, 5.41) is 2.81. The predicted octanol–water partition coefficient (Wildman–Crippen LogP) is 0.703. The second-order valence-electron chi connectivity index (χ2n) is 5.52. The molecule has 1 N–H and O–H groups in total. The molecule has 0 aromatic rings. The fourth-order valence-electron chi connectivity index (χ4n) is 2.13. The van der Waals surface area contributed by atoms with Crippen molar-refractivity contribution < 1.29 is 9.59 Å². The van der Waals surface area contributed by atoms with E-state index in [2.05, 4.69) is 31.0 Å². The number of carbonyl (C=O) groups excluding carboxylic acids is 2. The van der Waals surface area contributed by atoms with Crippen LogP contribution in [0.2, 0.25) is 0 Å². The molecule has 1 aliphatic rings. The number of amides is 2. The van der Waals surface area contributed by atoms with Gasteiger partial charge in [-0.3, -0.25) is 9.59 Å². The van der Waals surface area contributed by atoms with Crippen molar-refractivity contribution in [1.29, 1.82) is 0 Å². The van der Waals surface area contributed by atoms with Gasteiger partial charge in [0.05, 0.1) is 0 Å². The lowest BCUT2D eigenvalue weighted by Crippen LogP contribution is -2.49. The van der Waals surface area contributed by atoms with Gasteiger partial charge in [-0.05, 0) is 18.9 Å². The molecule has 0 spiro atoms. The van der Waals surface area contributed by atoms with Crippen molar-refractivity contribution in [2.45, 2.75) is 33.6 Å². The summed E-state index contributed by atoms with van der Waals surface area (Å²) in [6, 6.07) is 0. The zero-order valence-corrected chi connectivity index (χ0v) is 12.4. The Bertz CT molecular complexity index is 297. The van der Waals surface area contributed by atoms with Crippen LogP contribution in [0.1, 0.15) is 33.6 Å². The lowest BCUT2D eigenvalue weighted by Gasteiger charge is -2.34. The molecule has 0 aromatic carbocycles. The third-order valence-corrected chi connectivity index (χ3v) is 3.53. The fourth-order valence-corrected chi connectivity index (χ4v) is 2.13. The summed E-state index contributed by atoms with van der Waals surface area (Å²) in [6.07, 6.45) is 0.944. The first kappa shape index (κ1) is 16.0. The molecule has 1 rings (SSSR count). The van der Waals surface area contributed by atoms with Crippen molar-refractivity contribution in [2.24, 2.45) is 5.92 Å². The van der Waals surface area contributed by atoms with E-state index in [1.165, 1.54) is 0 Å². The van der Waals surface area contributed by atoms with Gasteiger partial charge in [0.15, 0.2) is 0 Å². The van der Waals surface area contributed by atoms with E-state index in [1.807, 2.05) is 0 Å². The van der Waals surface area contributed by atoms with Gasteiger partial charge in [0.1, 0.15) is 6.42 Å². The van der Waals surface area contributed by atoms with Gasteiger partial charge in [0.25, 0.3) is 0 Å². The Morgan fingerprint density at radius 2 is 1.79 bits per heavy atom. The fraction of sp³-hybridized carbons (Fsp3) is 0.857. The van der Waals surface area contributed by atoms with Crippen LogP contribution in [0.3, 0.4) is 0 Å². The van der Waals surface area contributed by atoms with Crippen LogP contribution in [0, 0.1) is 5.92 Å². The first-order valence-corrected chi connectivity index (χ1v) is 7.29. The monoisotopic (exact) mass is 269 g/mol. The minimum Gasteiger partial charge on any atom is -0.356 e. The second-order valence-corrected chi connectivity index (χ2v) is 5.52. The van der Waals surface area contributed by atoms with Crippen molar-refractivity contribution in [2.75, 3.05) is 39.3 Å². The maximum Gasteiger partial charge on any atom is 0.232 e. The summed E-state index contributed by atoms with van der Waals surface area (Å²) in [5.41, 5.74) is 0. The Labute approximate surface area is 116 Å². The van der Waals surface area contributed by atoms with Gasteiger partial charge in [0.2, 0.25) is 11.8 Å². The minimum absolute atomic E-state index is 0.00970. The topological polar surface area (TPSA) is 52.7 Å². The van der Waals surface area contributed by atoms with E-state index in [1.54, 1.807) is 4.90 Å². The van der Waals surface area contributed by atoms with E-state index in [9.17, 15) is 9.59 Å². The summed E-state index contributed by atoms with van der Waals surface area (Å²) < 4.78 is 0. The molecular weight excluding hydrogens is 242 g/mol. The SMILES string of the molecule is CCN1CCN(C(=O)CC(=O)NCCC(C)C)CC1. The molecule has 1 fully saturated rings. The van der Waals surface area contributed by atoms with Crippen molar-refractivity contribution in [3.63, 3.8) is 0 Å². The molecule has 1 saturated heterocycles. The van der Waals surface area contributed by atoms with Gasteiger partial charge >= 0.3 is 0 Å². The van der Waals surface area contributed by atoms with Crippen LogP contribution < -0.4 is 5.32 Å². The number of piperazine rings is 1. The first-order chi connectivity index (χ1) is 9.02. The molecule has 0 unspecified atom stereocenters. The molecule has 110 valence electrons. The van der Waals surface area contributed by atoms with Crippen LogP contribution in [0.15, 0.2) is 0 Å². The summed E-state index contributed by atoms with van der Waals surface area (Å²) in [5.74, 6) is 0.375. The third kappa shape index (κ3) is 6.05. The lowest BCUT2D eigenvalue weighted by atomic mass is 10.1. The Hall–Kier alpha value is -1.10. The van der Waals surface area contributed by atoms with Crippen molar-refractivity contribution in [1.82, 2.24) is 15.1 Å². The highest BCUT2D eigenvalue weighted by Crippen LogP contribution is 2.03. The number of likely N-dealkylation sites (N-methyl/N-ethyl adjacent to an activating group) is 1. The van der Waals surface area contributed by atoms with E-state index in [4.69, 9.17) is 0 Å². The maximum atomic E-state index is 11.9. The van der Waals surface area contributed by atoms with Crippen molar-refractivity contribution in [3.05, 3.63) is 0 Å². The summed E-state index contributed by atoms with van der Waals surface area (Å²) in [6.45, 7) is 11.4. The van der Waals surface area contributed by atoms with Gasteiger partial charge in [-0.2, -0.15) is 0 Å².